The molecule has 4 aromatic rings. The predicted molar refractivity (Wildman–Crippen MR) is 113 cm³/mol. The monoisotopic (exact) mass is 392 g/mol. The Bertz CT molecular complexity index is 1080. The minimum absolute atomic E-state index is 0.0405. The van der Waals surface area contributed by atoms with Gasteiger partial charge in [-0.15, -0.1) is 11.3 Å². The number of rotatable bonds is 6. The lowest BCUT2D eigenvalue weighted by Crippen LogP contribution is -2.16. The van der Waals surface area contributed by atoms with E-state index in [1.807, 2.05) is 17.6 Å². The first-order chi connectivity index (χ1) is 13.7. The summed E-state index contributed by atoms with van der Waals surface area (Å²) in [5.41, 5.74) is 4.13. The lowest BCUT2D eigenvalue weighted by atomic mass is 9.92. The van der Waals surface area contributed by atoms with E-state index in [9.17, 15) is 9.18 Å². The summed E-state index contributed by atoms with van der Waals surface area (Å²) in [7, 11) is 0. The first-order valence-electron chi connectivity index (χ1n) is 9.33. The van der Waals surface area contributed by atoms with E-state index in [1.54, 1.807) is 23.5 Å². The fraction of sp³-hybridized carbons (Fsp3) is 0.174. The molecule has 4 rings (SSSR count). The number of carbonyl (C=O) groups is 1. The average molecular weight is 392 g/mol. The summed E-state index contributed by atoms with van der Waals surface area (Å²) < 4.78 is 13.1. The Labute approximate surface area is 167 Å². The zero-order chi connectivity index (χ0) is 19.5. The molecule has 1 amide bonds. The van der Waals surface area contributed by atoms with Crippen molar-refractivity contribution in [3.05, 3.63) is 88.0 Å². The lowest BCUT2D eigenvalue weighted by molar-refractivity contribution is -0.116. The number of nitrogens with one attached hydrogen (secondary N) is 2. The van der Waals surface area contributed by atoms with Gasteiger partial charge < -0.3 is 10.3 Å². The third-order valence-electron chi connectivity index (χ3n) is 4.99. The largest absolute Gasteiger partial charge is 0.361 e. The Hall–Kier alpha value is -2.92. The van der Waals surface area contributed by atoms with E-state index in [-0.39, 0.29) is 17.6 Å². The molecular weight excluding hydrogens is 371 g/mol. The number of carbonyl (C=O) groups excluding carboxylic acids is 1. The van der Waals surface area contributed by atoms with Crippen LogP contribution in [-0.4, -0.2) is 10.9 Å². The standard InChI is InChI=1S/C23H21FN2OS/c1-2-15-5-3-6-18-20(14-25-23(15)18)19(21-7-4-12-28-21)13-22(27)26-17-10-8-16(24)9-11-17/h3-12,14,19,25H,2,13H2,1H3,(H,26,27). The van der Waals surface area contributed by atoms with Gasteiger partial charge in [0, 0.05) is 40.0 Å². The summed E-state index contributed by atoms with van der Waals surface area (Å²) in [6.45, 7) is 2.14. The lowest BCUT2D eigenvalue weighted by Gasteiger charge is -2.15. The third-order valence-corrected chi connectivity index (χ3v) is 5.98. The summed E-state index contributed by atoms with van der Waals surface area (Å²) in [4.78, 5) is 17.3. The van der Waals surface area contributed by atoms with Gasteiger partial charge in [-0.1, -0.05) is 31.2 Å². The van der Waals surface area contributed by atoms with E-state index in [0.29, 0.717) is 12.1 Å². The van der Waals surface area contributed by atoms with E-state index in [4.69, 9.17) is 0 Å². The number of anilines is 1. The highest BCUT2D eigenvalue weighted by atomic mass is 32.1. The Kier molecular flexibility index (Phi) is 5.26. The first-order valence-corrected chi connectivity index (χ1v) is 10.2. The molecule has 0 radical (unpaired) electrons. The minimum atomic E-state index is -0.319. The van der Waals surface area contributed by atoms with Crippen LogP contribution in [0.25, 0.3) is 10.9 Å². The molecule has 0 spiro atoms. The molecule has 0 bridgehead atoms. The number of hydrogen-bond acceptors (Lipinski definition) is 2. The van der Waals surface area contributed by atoms with Gasteiger partial charge in [0.2, 0.25) is 5.91 Å². The number of benzene rings is 2. The fourth-order valence-electron chi connectivity index (χ4n) is 3.61. The van der Waals surface area contributed by atoms with Crippen molar-refractivity contribution in [1.29, 1.82) is 0 Å². The quantitative estimate of drug-likeness (QED) is 0.410. The second-order valence-electron chi connectivity index (χ2n) is 6.76. The van der Waals surface area contributed by atoms with E-state index in [0.717, 1.165) is 27.8 Å². The van der Waals surface area contributed by atoms with Crippen molar-refractivity contribution in [2.24, 2.45) is 0 Å². The molecule has 0 fully saturated rings. The number of H-pyrrole nitrogens is 1. The van der Waals surface area contributed by atoms with Gasteiger partial charge in [-0.25, -0.2) is 4.39 Å². The highest BCUT2D eigenvalue weighted by molar-refractivity contribution is 7.10. The number of thiophene rings is 1. The molecule has 28 heavy (non-hydrogen) atoms. The van der Waals surface area contributed by atoms with Gasteiger partial charge in [0.25, 0.3) is 0 Å². The molecule has 0 aliphatic rings. The maximum atomic E-state index is 13.1. The normalized spacial score (nSPS) is 12.2. The number of hydrogen-bond donors (Lipinski definition) is 2. The second-order valence-corrected chi connectivity index (χ2v) is 7.74. The van der Waals surface area contributed by atoms with Crippen LogP contribution >= 0.6 is 11.3 Å². The van der Waals surface area contributed by atoms with Crippen LogP contribution in [0.15, 0.2) is 66.2 Å². The number of halogens is 1. The maximum Gasteiger partial charge on any atom is 0.225 e. The van der Waals surface area contributed by atoms with Crippen molar-refractivity contribution in [3.8, 4) is 0 Å². The van der Waals surface area contributed by atoms with Crippen molar-refractivity contribution in [2.45, 2.75) is 25.7 Å². The summed E-state index contributed by atoms with van der Waals surface area (Å²) in [6.07, 6.45) is 3.30. The molecule has 0 saturated heterocycles. The molecule has 2 heterocycles. The van der Waals surface area contributed by atoms with Gasteiger partial charge >= 0.3 is 0 Å². The Morgan fingerprint density at radius 1 is 1.14 bits per heavy atom. The van der Waals surface area contributed by atoms with Crippen molar-refractivity contribution >= 4 is 33.8 Å². The van der Waals surface area contributed by atoms with Crippen molar-refractivity contribution in [3.63, 3.8) is 0 Å². The Balaban J connectivity index is 1.65. The summed E-state index contributed by atoms with van der Waals surface area (Å²) >= 11 is 1.65. The van der Waals surface area contributed by atoms with Crippen LogP contribution in [0.5, 0.6) is 0 Å². The van der Waals surface area contributed by atoms with Crippen LogP contribution in [0, 0.1) is 5.82 Å². The van der Waals surface area contributed by atoms with Crippen LogP contribution in [-0.2, 0) is 11.2 Å². The second kappa shape index (κ2) is 7.98. The molecular formula is C23H21FN2OS. The number of para-hydroxylation sites is 1. The van der Waals surface area contributed by atoms with Crippen LogP contribution < -0.4 is 5.32 Å². The van der Waals surface area contributed by atoms with Crippen LogP contribution in [0.2, 0.25) is 0 Å². The molecule has 0 aliphatic heterocycles. The van der Waals surface area contributed by atoms with Crippen molar-refractivity contribution in [2.75, 3.05) is 5.32 Å². The molecule has 2 aromatic carbocycles. The Morgan fingerprint density at radius 3 is 2.68 bits per heavy atom. The van der Waals surface area contributed by atoms with E-state index >= 15 is 0 Å². The third kappa shape index (κ3) is 3.71. The molecule has 1 unspecified atom stereocenters. The highest BCUT2D eigenvalue weighted by Crippen LogP contribution is 2.36. The van der Waals surface area contributed by atoms with Crippen molar-refractivity contribution in [1.82, 2.24) is 4.98 Å². The molecule has 1 atom stereocenters. The highest BCUT2D eigenvalue weighted by Gasteiger charge is 2.23. The summed E-state index contributed by atoms with van der Waals surface area (Å²) in [6, 6.07) is 16.2. The van der Waals surface area contributed by atoms with Gasteiger partial charge in [0.15, 0.2) is 0 Å². The van der Waals surface area contributed by atoms with Gasteiger partial charge in [-0.05, 0) is 53.3 Å². The van der Waals surface area contributed by atoms with E-state index in [1.165, 1.54) is 17.7 Å². The predicted octanol–water partition coefficient (Wildman–Crippen LogP) is 6.09. The SMILES string of the molecule is CCc1cccc2c(C(CC(=O)Nc3ccc(F)cc3)c3cccs3)c[nH]c12. The molecule has 5 heteroatoms. The fourth-order valence-corrected chi connectivity index (χ4v) is 4.45. The molecule has 0 saturated carbocycles. The number of aromatic amines is 1. The molecule has 142 valence electrons. The summed E-state index contributed by atoms with van der Waals surface area (Å²) in [5, 5.41) is 6.08. The van der Waals surface area contributed by atoms with Crippen LogP contribution in [0.3, 0.4) is 0 Å². The number of aryl methyl sites for hydroxylation is 1. The summed E-state index contributed by atoms with van der Waals surface area (Å²) in [5.74, 6) is -0.452. The molecule has 3 nitrogen and oxygen atoms in total. The molecule has 2 N–H and O–H groups in total. The maximum absolute atomic E-state index is 13.1. The van der Waals surface area contributed by atoms with Gasteiger partial charge in [-0.3, -0.25) is 4.79 Å². The zero-order valence-electron chi connectivity index (χ0n) is 15.5. The van der Waals surface area contributed by atoms with Crippen LogP contribution in [0.4, 0.5) is 10.1 Å². The number of fused-ring (bicyclic) bond motifs is 1. The van der Waals surface area contributed by atoms with E-state index in [2.05, 4.69) is 41.5 Å². The minimum Gasteiger partial charge on any atom is -0.361 e. The van der Waals surface area contributed by atoms with Gasteiger partial charge in [-0.2, -0.15) is 0 Å². The average Bonchev–Trinajstić information content (AvgIpc) is 3.38. The number of aromatic nitrogens is 1. The Morgan fingerprint density at radius 2 is 1.96 bits per heavy atom. The first kappa shape index (κ1) is 18.4. The van der Waals surface area contributed by atoms with Gasteiger partial charge in [0.05, 0.1) is 0 Å². The number of amides is 1. The topological polar surface area (TPSA) is 44.9 Å². The molecule has 0 aliphatic carbocycles. The van der Waals surface area contributed by atoms with Crippen LogP contribution in [0.1, 0.15) is 35.3 Å². The van der Waals surface area contributed by atoms with Crippen molar-refractivity contribution < 1.29 is 9.18 Å². The van der Waals surface area contributed by atoms with Gasteiger partial charge in [0.1, 0.15) is 5.82 Å². The smallest absolute Gasteiger partial charge is 0.225 e. The van der Waals surface area contributed by atoms with E-state index < -0.39 is 0 Å². The zero-order valence-corrected chi connectivity index (χ0v) is 16.4. The molecule has 2 aromatic heterocycles.